The Balaban J connectivity index is 1.53. The van der Waals surface area contributed by atoms with E-state index < -0.39 is 11.1 Å². The summed E-state index contributed by atoms with van der Waals surface area (Å²) < 4.78 is 1.81. The van der Waals surface area contributed by atoms with E-state index >= 15 is 0 Å². The van der Waals surface area contributed by atoms with Gasteiger partial charge in [-0.3, -0.25) is 0 Å². The molecule has 6 heteroatoms. The number of nitrogens with zero attached hydrogens (tertiary/aromatic N) is 4. The normalized spacial score (nSPS) is 22.5. The molecule has 0 spiro atoms. The Labute approximate surface area is 191 Å². The molecule has 3 N–H and O–H groups in total. The van der Waals surface area contributed by atoms with Gasteiger partial charge in [0.25, 0.3) is 0 Å². The van der Waals surface area contributed by atoms with Gasteiger partial charge in [-0.25, -0.2) is 9.97 Å². The number of aliphatic hydroxyl groups is 1. The lowest BCUT2D eigenvalue weighted by atomic mass is 9.63. The van der Waals surface area contributed by atoms with Gasteiger partial charge >= 0.3 is 0 Å². The Hall–Kier alpha value is -3.61. The third-order valence-electron chi connectivity index (χ3n) is 6.69. The molecular weight excluding hydrogens is 410 g/mol. The van der Waals surface area contributed by atoms with Gasteiger partial charge in [0.05, 0.1) is 17.5 Å². The summed E-state index contributed by atoms with van der Waals surface area (Å²) in [7, 11) is 0. The van der Waals surface area contributed by atoms with Crippen LogP contribution in [0.15, 0.2) is 73.1 Å². The van der Waals surface area contributed by atoms with Crippen LogP contribution in [-0.2, 0) is 5.54 Å². The molecule has 2 aromatic carbocycles. The van der Waals surface area contributed by atoms with E-state index in [1.165, 1.54) is 0 Å². The number of pyridine rings is 1. The zero-order valence-electron chi connectivity index (χ0n) is 18.7. The Morgan fingerprint density at radius 1 is 0.939 bits per heavy atom. The van der Waals surface area contributed by atoms with Crippen molar-refractivity contribution in [3.8, 4) is 22.4 Å². The monoisotopic (exact) mass is 435 g/mol. The van der Waals surface area contributed by atoms with Crippen LogP contribution in [0.1, 0.15) is 30.9 Å². The third kappa shape index (κ3) is 3.22. The van der Waals surface area contributed by atoms with Crippen molar-refractivity contribution in [3.05, 3.63) is 84.2 Å². The molecule has 0 atom stereocenters. The first kappa shape index (κ1) is 20.0. The molecule has 1 fully saturated rings. The second-order valence-electron chi connectivity index (χ2n) is 9.57. The molecule has 3 heterocycles. The summed E-state index contributed by atoms with van der Waals surface area (Å²) in [5, 5.41) is 15.6. The number of hydrogen-bond donors (Lipinski definition) is 2. The highest BCUT2D eigenvalue weighted by molar-refractivity contribution is 5.90. The topological polar surface area (TPSA) is 89.3 Å². The first-order valence-electron chi connectivity index (χ1n) is 11.1. The van der Waals surface area contributed by atoms with Crippen molar-refractivity contribution in [2.75, 3.05) is 0 Å². The van der Waals surface area contributed by atoms with Crippen molar-refractivity contribution in [1.82, 2.24) is 19.6 Å². The van der Waals surface area contributed by atoms with Crippen LogP contribution in [0.5, 0.6) is 0 Å². The highest BCUT2D eigenvalue weighted by Gasteiger charge is 2.49. The van der Waals surface area contributed by atoms with Gasteiger partial charge in [-0.2, -0.15) is 9.61 Å². The fraction of sp³-hybridized carbons (Fsp3) is 0.222. The quantitative estimate of drug-likeness (QED) is 0.432. The minimum Gasteiger partial charge on any atom is -0.390 e. The maximum Gasteiger partial charge on any atom is 0.165 e. The molecule has 0 aliphatic heterocycles. The predicted octanol–water partition coefficient (Wildman–Crippen LogP) is 4.62. The highest BCUT2D eigenvalue weighted by atomic mass is 16.3. The van der Waals surface area contributed by atoms with Crippen molar-refractivity contribution < 1.29 is 5.11 Å². The van der Waals surface area contributed by atoms with Crippen LogP contribution < -0.4 is 5.73 Å². The second kappa shape index (κ2) is 6.94. The summed E-state index contributed by atoms with van der Waals surface area (Å²) in [5.41, 5.74) is 13.0. The van der Waals surface area contributed by atoms with E-state index in [0.717, 1.165) is 50.2 Å². The maximum atomic E-state index is 10.2. The zero-order chi connectivity index (χ0) is 22.8. The average molecular weight is 436 g/mol. The van der Waals surface area contributed by atoms with Crippen LogP contribution >= 0.6 is 0 Å². The number of fused-ring (bicyclic) bond motifs is 3. The van der Waals surface area contributed by atoms with Crippen molar-refractivity contribution in [2.24, 2.45) is 5.73 Å². The van der Waals surface area contributed by atoms with Crippen LogP contribution in [-0.4, -0.2) is 30.3 Å². The maximum absolute atomic E-state index is 10.2. The number of aromatic nitrogens is 4. The number of nitrogens with two attached hydrogens (primary N) is 1. The number of aryl methyl sites for hydroxylation is 1. The standard InChI is InChI=1S/C27H25N5O/c1-17-13-30-32-24(17)29-14-20-12-22(18-6-4-3-5-7-18)23(31-25(20)32)19-8-10-21(11-9-19)27(28)15-26(2,33)16-27/h3-14,33H,15-16,28H2,1-2H3. The first-order chi connectivity index (χ1) is 15.8. The van der Waals surface area contributed by atoms with Crippen molar-refractivity contribution in [1.29, 1.82) is 0 Å². The molecule has 6 nitrogen and oxygen atoms in total. The summed E-state index contributed by atoms with van der Waals surface area (Å²) in [6.45, 7) is 3.84. The smallest absolute Gasteiger partial charge is 0.165 e. The fourth-order valence-corrected chi connectivity index (χ4v) is 5.18. The molecule has 0 amide bonds. The number of hydrogen-bond acceptors (Lipinski definition) is 5. The molecule has 0 radical (unpaired) electrons. The van der Waals surface area contributed by atoms with E-state index in [1.54, 1.807) is 0 Å². The van der Waals surface area contributed by atoms with E-state index in [1.807, 2.05) is 49.0 Å². The molecule has 3 aromatic heterocycles. The minimum atomic E-state index is -0.685. The highest BCUT2D eigenvalue weighted by Crippen LogP contribution is 2.46. The Morgan fingerprint density at radius 3 is 2.36 bits per heavy atom. The molecule has 33 heavy (non-hydrogen) atoms. The molecule has 1 aliphatic rings. The van der Waals surface area contributed by atoms with E-state index in [-0.39, 0.29) is 0 Å². The van der Waals surface area contributed by atoms with Crippen LogP contribution in [0.25, 0.3) is 39.1 Å². The first-order valence-corrected chi connectivity index (χ1v) is 11.1. The van der Waals surface area contributed by atoms with Gasteiger partial charge < -0.3 is 10.8 Å². The summed E-state index contributed by atoms with van der Waals surface area (Å²) >= 11 is 0. The van der Waals surface area contributed by atoms with Gasteiger partial charge in [0.2, 0.25) is 0 Å². The van der Waals surface area contributed by atoms with Crippen LogP contribution in [0.4, 0.5) is 0 Å². The number of benzene rings is 2. The molecule has 1 aliphatic carbocycles. The van der Waals surface area contributed by atoms with Gasteiger partial charge in [-0.15, -0.1) is 0 Å². The largest absolute Gasteiger partial charge is 0.390 e. The Bertz CT molecular complexity index is 1500. The number of rotatable bonds is 3. The van der Waals surface area contributed by atoms with Crippen molar-refractivity contribution >= 4 is 16.7 Å². The molecule has 0 unspecified atom stereocenters. The lowest BCUT2D eigenvalue weighted by Gasteiger charge is -2.49. The summed E-state index contributed by atoms with van der Waals surface area (Å²) in [6, 6.07) is 20.7. The van der Waals surface area contributed by atoms with Crippen LogP contribution in [0.3, 0.4) is 0 Å². The van der Waals surface area contributed by atoms with Crippen LogP contribution in [0, 0.1) is 6.92 Å². The fourth-order valence-electron chi connectivity index (χ4n) is 5.18. The van der Waals surface area contributed by atoms with Crippen molar-refractivity contribution in [3.63, 3.8) is 0 Å². The predicted molar refractivity (Wildman–Crippen MR) is 130 cm³/mol. The molecule has 0 bridgehead atoms. The van der Waals surface area contributed by atoms with Crippen LogP contribution in [0.2, 0.25) is 0 Å². The molecule has 6 rings (SSSR count). The average Bonchev–Trinajstić information content (AvgIpc) is 3.18. The van der Waals surface area contributed by atoms with Gasteiger partial charge in [0.1, 0.15) is 0 Å². The summed E-state index contributed by atoms with van der Waals surface area (Å²) in [4.78, 5) is 9.70. The van der Waals surface area contributed by atoms with E-state index in [4.69, 9.17) is 10.7 Å². The van der Waals surface area contributed by atoms with Gasteiger partial charge in [-0.1, -0.05) is 54.6 Å². The molecule has 1 saturated carbocycles. The molecular formula is C27H25N5O. The summed E-state index contributed by atoms with van der Waals surface area (Å²) in [6.07, 6.45) is 4.81. The lowest BCUT2D eigenvalue weighted by Crippen LogP contribution is -2.58. The minimum absolute atomic E-state index is 0.481. The Morgan fingerprint density at radius 2 is 1.67 bits per heavy atom. The summed E-state index contributed by atoms with van der Waals surface area (Å²) in [5.74, 6) is 0. The SMILES string of the molecule is Cc1cnn2c1ncc1cc(-c3ccccc3)c(-c3ccc(C4(N)CC(C)(O)C4)cc3)nc12. The lowest BCUT2D eigenvalue weighted by molar-refractivity contribution is -0.0738. The van der Waals surface area contributed by atoms with E-state index in [9.17, 15) is 5.11 Å². The van der Waals surface area contributed by atoms with Gasteiger partial charge in [0, 0.05) is 33.8 Å². The van der Waals surface area contributed by atoms with E-state index in [2.05, 4.69) is 52.5 Å². The Kier molecular flexibility index (Phi) is 4.21. The second-order valence-corrected chi connectivity index (χ2v) is 9.57. The van der Waals surface area contributed by atoms with Crippen molar-refractivity contribution in [2.45, 2.75) is 37.8 Å². The molecule has 0 saturated heterocycles. The van der Waals surface area contributed by atoms with Gasteiger partial charge in [-0.05, 0) is 43.9 Å². The van der Waals surface area contributed by atoms with Gasteiger partial charge in [0.15, 0.2) is 11.3 Å². The third-order valence-corrected chi connectivity index (χ3v) is 6.69. The zero-order valence-corrected chi connectivity index (χ0v) is 18.7. The van der Waals surface area contributed by atoms with E-state index in [0.29, 0.717) is 12.8 Å². The molecule has 164 valence electrons. The molecule has 5 aromatic rings.